The summed E-state index contributed by atoms with van der Waals surface area (Å²) in [6.45, 7) is 1.35. The summed E-state index contributed by atoms with van der Waals surface area (Å²) in [6, 6.07) is 13.4. The molecule has 0 spiro atoms. The second kappa shape index (κ2) is 8.43. The summed E-state index contributed by atoms with van der Waals surface area (Å²) in [5, 5.41) is 10.0. The van der Waals surface area contributed by atoms with Crippen LogP contribution in [0, 0.1) is 5.82 Å². The molecule has 3 aromatic rings. The highest BCUT2D eigenvalue weighted by atomic mass is 35.5. The van der Waals surface area contributed by atoms with Gasteiger partial charge in [0.1, 0.15) is 23.7 Å². The van der Waals surface area contributed by atoms with Crippen molar-refractivity contribution in [3.8, 4) is 0 Å². The van der Waals surface area contributed by atoms with Crippen molar-refractivity contribution in [3.63, 3.8) is 0 Å². The van der Waals surface area contributed by atoms with E-state index in [0.717, 1.165) is 10.5 Å². The maximum atomic E-state index is 13.2. The SMILES string of the molecule is CC1(c2ccc(F)cc2)NC(=O)N(CC(=O)Nc2ccnn2Cc2ccccc2Cl)C1=O. The molecule has 10 heteroatoms. The fraction of sp³-hybridized carbons (Fsp3) is 0.182. The maximum absolute atomic E-state index is 13.2. The Balaban J connectivity index is 1.46. The van der Waals surface area contributed by atoms with Crippen molar-refractivity contribution >= 4 is 35.3 Å². The van der Waals surface area contributed by atoms with Gasteiger partial charge in [0.15, 0.2) is 0 Å². The van der Waals surface area contributed by atoms with Crippen LogP contribution >= 0.6 is 11.6 Å². The van der Waals surface area contributed by atoms with Gasteiger partial charge < -0.3 is 10.6 Å². The first-order valence-electron chi connectivity index (χ1n) is 9.73. The first-order chi connectivity index (χ1) is 15.3. The van der Waals surface area contributed by atoms with E-state index in [0.29, 0.717) is 22.9 Å². The average Bonchev–Trinajstić information content (AvgIpc) is 3.27. The van der Waals surface area contributed by atoms with Gasteiger partial charge in [-0.05, 0) is 36.2 Å². The highest BCUT2D eigenvalue weighted by Gasteiger charge is 2.49. The lowest BCUT2D eigenvalue weighted by atomic mass is 9.92. The second-order valence-corrected chi connectivity index (χ2v) is 7.87. The Kier molecular flexibility index (Phi) is 5.67. The first-order valence-corrected chi connectivity index (χ1v) is 10.1. The van der Waals surface area contributed by atoms with Gasteiger partial charge >= 0.3 is 6.03 Å². The van der Waals surface area contributed by atoms with Crippen molar-refractivity contribution in [2.24, 2.45) is 0 Å². The number of nitrogens with one attached hydrogen (secondary N) is 2. The molecule has 1 aliphatic heterocycles. The largest absolute Gasteiger partial charge is 0.325 e. The number of benzene rings is 2. The minimum atomic E-state index is -1.39. The molecule has 4 rings (SSSR count). The van der Waals surface area contributed by atoms with E-state index in [4.69, 9.17) is 11.6 Å². The third-order valence-corrected chi connectivity index (χ3v) is 5.63. The third kappa shape index (κ3) is 4.06. The van der Waals surface area contributed by atoms with Crippen molar-refractivity contribution in [1.82, 2.24) is 20.0 Å². The molecule has 2 heterocycles. The van der Waals surface area contributed by atoms with Crippen molar-refractivity contribution in [3.05, 3.63) is 82.8 Å². The van der Waals surface area contributed by atoms with Gasteiger partial charge in [0.05, 0.1) is 12.7 Å². The molecular weight excluding hydrogens is 437 g/mol. The van der Waals surface area contributed by atoms with Crippen LogP contribution in [0.4, 0.5) is 15.0 Å². The van der Waals surface area contributed by atoms with Crippen molar-refractivity contribution in [1.29, 1.82) is 0 Å². The molecule has 8 nitrogen and oxygen atoms in total. The molecule has 1 fully saturated rings. The van der Waals surface area contributed by atoms with Gasteiger partial charge in [-0.2, -0.15) is 5.10 Å². The van der Waals surface area contributed by atoms with E-state index in [1.54, 1.807) is 16.8 Å². The van der Waals surface area contributed by atoms with Crippen molar-refractivity contribution in [2.75, 3.05) is 11.9 Å². The van der Waals surface area contributed by atoms with Gasteiger partial charge in [-0.3, -0.25) is 14.5 Å². The zero-order valence-corrected chi connectivity index (χ0v) is 17.8. The number of hydrogen-bond donors (Lipinski definition) is 2. The van der Waals surface area contributed by atoms with E-state index in [9.17, 15) is 18.8 Å². The molecule has 1 saturated heterocycles. The van der Waals surface area contributed by atoms with E-state index in [1.165, 1.54) is 37.4 Å². The number of imide groups is 1. The molecular formula is C22H19ClFN5O3. The molecule has 1 aromatic heterocycles. The van der Waals surface area contributed by atoms with Gasteiger partial charge in [-0.15, -0.1) is 0 Å². The molecule has 1 atom stereocenters. The average molecular weight is 456 g/mol. The number of aromatic nitrogens is 2. The topological polar surface area (TPSA) is 96.3 Å². The number of anilines is 1. The Hall–Kier alpha value is -3.72. The van der Waals surface area contributed by atoms with Crippen LogP contribution < -0.4 is 10.6 Å². The minimum absolute atomic E-state index is 0.327. The zero-order chi connectivity index (χ0) is 22.9. The molecule has 0 saturated carbocycles. The quantitative estimate of drug-likeness (QED) is 0.558. The number of halogens is 2. The molecule has 0 bridgehead atoms. The number of carbonyl (C=O) groups is 3. The summed E-state index contributed by atoms with van der Waals surface area (Å²) in [5.74, 6) is -1.24. The zero-order valence-electron chi connectivity index (χ0n) is 17.0. The van der Waals surface area contributed by atoms with E-state index in [1.807, 2.05) is 18.2 Å². The Morgan fingerprint density at radius 1 is 1.16 bits per heavy atom. The number of amides is 4. The first kappa shape index (κ1) is 21.5. The Morgan fingerprint density at radius 3 is 2.59 bits per heavy atom. The summed E-state index contributed by atoms with van der Waals surface area (Å²) in [6.07, 6.45) is 1.52. The van der Waals surface area contributed by atoms with E-state index < -0.39 is 35.7 Å². The molecule has 0 aliphatic carbocycles. The predicted octanol–water partition coefficient (Wildman–Crippen LogP) is 3.13. The smallest absolute Gasteiger partial charge is 0.319 e. The lowest BCUT2D eigenvalue weighted by Gasteiger charge is -2.22. The fourth-order valence-electron chi connectivity index (χ4n) is 3.50. The summed E-state index contributed by atoms with van der Waals surface area (Å²) in [4.78, 5) is 38.8. The second-order valence-electron chi connectivity index (χ2n) is 7.47. The van der Waals surface area contributed by atoms with Gasteiger partial charge in [-0.25, -0.2) is 13.9 Å². The van der Waals surface area contributed by atoms with Crippen LogP contribution in [0.25, 0.3) is 0 Å². The van der Waals surface area contributed by atoms with Crippen molar-refractivity contribution in [2.45, 2.75) is 19.0 Å². The summed E-state index contributed by atoms with van der Waals surface area (Å²) < 4.78 is 14.8. The van der Waals surface area contributed by atoms with Crippen LogP contribution in [0.2, 0.25) is 5.02 Å². The van der Waals surface area contributed by atoms with E-state index in [2.05, 4.69) is 15.7 Å². The fourth-order valence-corrected chi connectivity index (χ4v) is 3.69. The van der Waals surface area contributed by atoms with Crippen LogP contribution in [-0.2, 0) is 21.7 Å². The highest BCUT2D eigenvalue weighted by molar-refractivity contribution is 6.31. The lowest BCUT2D eigenvalue weighted by Crippen LogP contribution is -2.42. The van der Waals surface area contributed by atoms with Gasteiger partial charge in [0.2, 0.25) is 5.91 Å². The van der Waals surface area contributed by atoms with Crippen LogP contribution in [0.1, 0.15) is 18.1 Å². The molecule has 32 heavy (non-hydrogen) atoms. The molecule has 2 aromatic carbocycles. The summed E-state index contributed by atoms with van der Waals surface area (Å²) in [5.41, 5.74) is -0.160. The number of rotatable bonds is 6. The lowest BCUT2D eigenvalue weighted by molar-refractivity contribution is -0.133. The monoisotopic (exact) mass is 455 g/mol. The van der Waals surface area contributed by atoms with Crippen LogP contribution in [0.3, 0.4) is 0 Å². The molecule has 2 N–H and O–H groups in total. The number of carbonyl (C=O) groups excluding carboxylic acids is 3. The predicted molar refractivity (Wildman–Crippen MR) is 115 cm³/mol. The standard InChI is InChI=1S/C22H19ClFN5O3/c1-22(15-6-8-16(24)9-7-15)20(31)28(21(32)27-22)13-19(30)26-18-10-11-25-29(18)12-14-4-2-3-5-17(14)23/h2-11H,12-13H2,1H3,(H,26,30)(H,27,32). The molecule has 4 amide bonds. The maximum Gasteiger partial charge on any atom is 0.325 e. The Labute approximate surface area is 188 Å². The Morgan fingerprint density at radius 2 is 1.88 bits per heavy atom. The van der Waals surface area contributed by atoms with Gasteiger partial charge in [0, 0.05) is 11.1 Å². The molecule has 1 aliphatic rings. The normalized spacial score (nSPS) is 18.0. The van der Waals surface area contributed by atoms with E-state index >= 15 is 0 Å². The third-order valence-electron chi connectivity index (χ3n) is 5.26. The minimum Gasteiger partial charge on any atom is -0.319 e. The van der Waals surface area contributed by atoms with Crippen molar-refractivity contribution < 1.29 is 18.8 Å². The molecule has 164 valence electrons. The van der Waals surface area contributed by atoms with Gasteiger partial charge in [0.25, 0.3) is 5.91 Å². The molecule has 0 radical (unpaired) electrons. The summed E-state index contributed by atoms with van der Waals surface area (Å²) >= 11 is 6.19. The van der Waals surface area contributed by atoms with E-state index in [-0.39, 0.29) is 0 Å². The number of urea groups is 1. The van der Waals surface area contributed by atoms with Gasteiger partial charge in [-0.1, -0.05) is 41.9 Å². The van der Waals surface area contributed by atoms with Crippen LogP contribution in [0.15, 0.2) is 60.8 Å². The van der Waals surface area contributed by atoms with Crippen LogP contribution in [0.5, 0.6) is 0 Å². The highest BCUT2D eigenvalue weighted by Crippen LogP contribution is 2.29. The Bertz CT molecular complexity index is 1200. The summed E-state index contributed by atoms with van der Waals surface area (Å²) in [7, 11) is 0. The number of hydrogen-bond acceptors (Lipinski definition) is 4. The number of nitrogens with zero attached hydrogens (tertiary/aromatic N) is 3. The molecule has 1 unspecified atom stereocenters. The van der Waals surface area contributed by atoms with Crippen LogP contribution in [-0.4, -0.2) is 39.1 Å².